The normalized spacial score (nSPS) is 13.3. The molecule has 0 fully saturated rings. The van der Waals surface area contributed by atoms with Crippen LogP contribution in [-0.4, -0.2) is 24.0 Å². The third kappa shape index (κ3) is 2.77. The molecule has 0 aromatic heterocycles. The second-order valence-electron chi connectivity index (χ2n) is 4.11. The van der Waals surface area contributed by atoms with Crippen molar-refractivity contribution in [3.05, 3.63) is 48.6 Å². The van der Waals surface area contributed by atoms with E-state index < -0.39 is 29.3 Å². The third-order valence-corrected chi connectivity index (χ3v) is 2.97. The lowest BCUT2D eigenvalue weighted by molar-refractivity contribution is -0.136. The number of carbonyl (C=O) groups is 3. The summed E-state index contributed by atoms with van der Waals surface area (Å²) in [5.74, 6) is -1.88. The Morgan fingerprint density at radius 2 is 1.79 bits per heavy atom. The highest BCUT2D eigenvalue weighted by Crippen LogP contribution is 2.30. The summed E-state index contributed by atoms with van der Waals surface area (Å²) < 4.78 is 0. The highest BCUT2D eigenvalue weighted by Gasteiger charge is 2.45. The zero-order valence-electron chi connectivity index (χ0n) is 10.5. The van der Waals surface area contributed by atoms with E-state index in [9.17, 15) is 14.4 Å². The Kier molecular flexibility index (Phi) is 4.72. The van der Waals surface area contributed by atoms with Crippen LogP contribution in [0.3, 0.4) is 0 Å². The molecule has 0 aliphatic rings. The maximum absolute atomic E-state index is 12.2. The average Bonchev–Trinajstić information content (AvgIpc) is 2.43. The quantitative estimate of drug-likeness (QED) is 0.535. The van der Waals surface area contributed by atoms with Crippen molar-refractivity contribution >= 4 is 17.5 Å². The molecule has 5 nitrogen and oxygen atoms in total. The fraction of sp³-hybridized carbons (Fsp3) is 0.214. The number of primary amides is 1. The van der Waals surface area contributed by atoms with Crippen LogP contribution in [0.25, 0.3) is 0 Å². The van der Waals surface area contributed by atoms with Crippen LogP contribution >= 0.6 is 0 Å². The van der Waals surface area contributed by atoms with Gasteiger partial charge in [0.1, 0.15) is 5.41 Å². The second-order valence-corrected chi connectivity index (χ2v) is 4.11. The minimum atomic E-state index is -1.66. The SMILES string of the molecule is C=CC(=O)[C@@](CC(N)=O)(C(=O)CN)c1ccccc1. The van der Waals surface area contributed by atoms with Crippen LogP contribution in [0.2, 0.25) is 0 Å². The van der Waals surface area contributed by atoms with Crippen LogP contribution in [-0.2, 0) is 19.8 Å². The fourth-order valence-electron chi connectivity index (χ4n) is 2.06. The lowest BCUT2D eigenvalue weighted by atomic mass is 9.70. The van der Waals surface area contributed by atoms with Gasteiger partial charge in [-0.25, -0.2) is 0 Å². The standard InChI is InChI=1S/C14H16N2O3/c1-2-11(17)14(8-13(16)19,12(18)9-15)10-6-4-3-5-7-10/h2-7H,1,8-9,15H2,(H2,16,19)/t14-/m0/s1. The van der Waals surface area contributed by atoms with E-state index in [1.165, 1.54) is 0 Å². The van der Waals surface area contributed by atoms with E-state index in [1.54, 1.807) is 30.3 Å². The number of hydrogen-bond acceptors (Lipinski definition) is 4. The van der Waals surface area contributed by atoms with Gasteiger partial charge in [-0.05, 0) is 11.6 Å². The van der Waals surface area contributed by atoms with E-state index >= 15 is 0 Å². The highest BCUT2D eigenvalue weighted by molar-refractivity contribution is 6.19. The van der Waals surface area contributed by atoms with Crippen molar-refractivity contribution < 1.29 is 14.4 Å². The molecule has 0 unspecified atom stereocenters. The molecule has 1 rings (SSSR count). The van der Waals surface area contributed by atoms with Gasteiger partial charge in [-0.2, -0.15) is 0 Å². The van der Waals surface area contributed by atoms with E-state index in [-0.39, 0.29) is 6.54 Å². The van der Waals surface area contributed by atoms with Crippen LogP contribution in [0.4, 0.5) is 0 Å². The number of rotatable bonds is 7. The molecular formula is C14H16N2O3. The number of Topliss-reactive ketones (excluding diaryl/α,β-unsaturated/α-hetero) is 1. The molecule has 100 valence electrons. The van der Waals surface area contributed by atoms with E-state index in [4.69, 9.17) is 11.5 Å². The maximum atomic E-state index is 12.2. The van der Waals surface area contributed by atoms with Crippen molar-refractivity contribution in [3.8, 4) is 0 Å². The molecule has 1 atom stereocenters. The van der Waals surface area contributed by atoms with Crippen molar-refractivity contribution in [3.63, 3.8) is 0 Å². The number of amides is 1. The van der Waals surface area contributed by atoms with Gasteiger partial charge in [0.2, 0.25) is 5.91 Å². The molecule has 1 amide bonds. The first-order valence-electron chi connectivity index (χ1n) is 5.73. The van der Waals surface area contributed by atoms with Gasteiger partial charge in [-0.15, -0.1) is 0 Å². The largest absolute Gasteiger partial charge is 0.370 e. The summed E-state index contributed by atoms with van der Waals surface area (Å²) in [7, 11) is 0. The van der Waals surface area contributed by atoms with E-state index in [1.807, 2.05) is 0 Å². The van der Waals surface area contributed by atoms with Crippen LogP contribution in [0.1, 0.15) is 12.0 Å². The summed E-state index contributed by atoms with van der Waals surface area (Å²) in [6.45, 7) is 3.02. The number of allylic oxidation sites excluding steroid dienone is 1. The van der Waals surface area contributed by atoms with Crippen molar-refractivity contribution in [2.24, 2.45) is 11.5 Å². The molecule has 0 spiro atoms. The Bertz CT molecular complexity index is 511. The van der Waals surface area contributed by atoms with Crippen LogP contribution < -0.4 is 11.5 Å². The molecule has 0 bridgehead atoms. The zero-order valence-corrected chi connectivity index (χ0v) is 10.5. The second kappa shape index (κ2) is 6.06. The summed E-state index contributed by atoms with van der Waals surface area (Å²) >= 11 is 0. The molecule has 1 aromatic carbocycles. The first-order chi connectivity index (χ1) is 8.98. The number of carbonyl (C=O) groups excluding carboxylic acids is 3. The fourth-order valence-corrected chi connectivity index (χ4v) is 2.06. The predicted molar refractivity (Wildman–Crippen MR) is 71.2 cm³/mol. The van der Waals surface area contributed by atoms with Crippen molar-refractivity contribution in [1.29, 1.82) is 0 Å². The minimum Gasteiger partial charge on any atom is -0.370 e. The predicted octanol–water partition coefficient (Wildman–Crippen LogP) is 0.0827. The molecule has 0 aliphatic carbocycles. The summed E-state index contributed by atoms with van der Waals surface area (Å²) in [4.78, 5) is 35.6. The Labute approximate surface area is 111 Å². The summed E-state index contributed by atoms with van der Waals surface area (Å²) in [5.41, 5.74) is 9.29. The van der Waals surface area contributed by atoms with Gasteiger partial charge in [0.25, 0.3) is 0 Å². The molecule has 0 heterocycles. The smallest absolute Gasteiger partial charge is 0.219 e. The number of ketones is 2. The molecule has 0 radical (unpaired) electrons. The highest BCUT2D eigenvalue weighted by atomic mass is 16.2. The van der Waals surface area contributed by atoms with Gasteiger partial charge in [-0.1, -0.05) is 36.9 Å². The van der Waals surface area contributed by atoms with Gasteiger partial charge in [0, 0.05) is 0 Å². The van der Waals surface area contributed by atoms with Gasteiger partial charge < -0.3 is 11.5 Å². The van der Waals surface area contributed by atoms with E-state index in [0.29, 0.717) is 5.56 Å². The first kappa shape index (κ1) is 14.8. The molecular weight excluding hydrogens is 244 g/mol. The van der Waals surface area contributed by atoms with Gasteiger partial charge in [0.15, 0.2) is 11.6 Å². The van der Waals surface area contributed by atoms with E-state index in [2.05, 4.69) is 6.58 Å². The van der Waals surface area contributed by atoms with Gasteiger partial charge >= 0.3 is 0 Å². The average molecular weight is 260 g/mol. The minimum absolute atomic E-state index is 0.359. The molecule has 19 heavy (non-hydrogen) atoms. The molecule has 0 aliphatic heterocycles. The Hall–Kier alpha value is -2.27. The van der Waals surface area contributed by atoms with Crippen molar-refractivity contribution in [1.82, 2.24) is 0 Å². The topological polar surface area (TPSA) is 103 Å². The maximum Gasteiger partial charge on any atom is 0.219 e. The van der Waals surface area contributed by atoms with Crippen molar-refractivity contribution in [2.75, 3.05) is 6.54 Å². The molecule has 4 N–H and O–H groups in total. The van der Waals surface area contributed by atoms with Gasteiger partial charge in [0.05, 0.1) is 13.0 Å². The lowest BCUT2D eigenvalue weighted by Gasteiger charge is -2.28. The van der Waals surface area contributed by atoms with Crippen LogP contribution in [0, 0.1) is 0 Å². The Balaban J connectivity index is 3.51. The van der Waals surface area contributed by atoms with Crippen LogP contribution in [0.15, 0.2) is 43.0 Å². The molecule has 0 saturated heterocycles. The lowest BCUT2D eigenvalue weighted by Crippen LogP contribution is -2.48. The number of benzene rings is 1. The van der Waals surface area contributed by atoms with Gasteiger partial charge in [-0.3, -0.25) is 14.4 Å². The third-order valence-electron chi connectivity index (χ3n) is 2.97. The number of nitrogens with two attached hydrogens (primary N) is 2. The molecule has 5 heteroatoms. The number of hydrogen-bond donors (Lipinski definition) is 2. The summed E-state index contributed by atoms with van der Waals surface area (Å²) in [6.07, 6.45) is 0.599. The molecule has 1 aromatic rings. The van der Waals surface area contributed by atoms with Crippen molar-refractivity contribution in [2.45, 2.75) is 11.8 Å². The monoisotopic (exact) mass is 260 g/mol. The first-order valence-corrected chi connectivity index (χ1v) is 5.73. The Morgan fingerprint density at radius 3 is 2.21 bits per heavy atom. The summed E-state index contributed by atoms with van der Waals surface area (Å²) in [5, 5.41) is 0. The molecule has 0 saturated carbocycles. The summed E-state index contributed by atoms with van der Waals surface area (Å²) in [6, 6.07) is 8.27. The van der Waals surface area contributed by atoms with E-state index in [0.717, 1.165) is 6.08 Å². The zero-order chi connectivity index (χ0) is 14.5. The van der Waals surface area contributed by atoms with Crippen LogP contribution in [0.5, 0.6) is 0 Å². The Morgan fingerprint density at radius 1 is 1.21 bits per heavy atom.